The van der Waals surface area contributed by atoms with E-state index in [-0.39, 0.29) is 5.78 Å². The first-order chi connectivity index (χ1) is 9.02. The molecule has 0 unspecified atom stereocenters. The monoisotopic (exact) mass is 320 g/mol. The third-order valence-electron chi connectivity index (χ3n) is 3.19. The molecule has 1 aromatic heterocycles. The van der Waals surface area contributed by atoms with Gasteiger partial charge in [-0.2, -0.15) is 5.10 Å². The molecule has 2 aromatic rings. The molecule has 0 atom stereocenters. The van der Waals surface area contributed by atoms with Crippen LogP contribution in [0.4, 0.5) is 0 Å². The number of halogens is 1. The Hall–Kier alpha value is -1.42. The largest absolute Gasteiger partial charge is 0.294 e. The van der Waals surface area contributed by atoms with Gasteiger partial charge in [0.2, 0.25) is 0 Å². The summed E-state index contributed by atoms with van der Waals surface area (Å²) in [5.74, 6) is 0.133. The highest BCUT2D eigenvalue weighted by molar-refractivity contribution is 9.10. The van der Waals surface area contributed by atoms with Gasteiger partial charge in [0.15, 0.2) is 5.78 Å². The third-order valence-corrected chi connectivity index (χ3v) is 4.05. The third kappa shape index (κ3) is 2.95. The molecule has 0 amide bonds. The molecule has 1 heterocycles. The van der Waals surface area contributed by atoms with E-state index >= 15 is 0 Å². The van der Waals surface area contributed by atoms with Crippen LogP contribution in [0.3, 0.4) is 0 Å². The molecule has 2 rings (SSSR count). The maximum absolute atomic E-state index is 12.4. The molecule has 0 spiro atoms. The summed E-state index contributed by atoms with van der Waals surface area (Å²) in [6.45, 7) is 6.73. The molecule has 0 aliphatic carbocycles. The van der Waals surface area contributed by atoms with Crippen molar-refractivity contribution >= 4 is 21.7 Å². The predicted molar refractivity (Wildman–Crippen MR) is 79.6 cm³/mol. The van der Waals surface area contributed by atoms with Crippen molar-refractivity contribution in [3.63, 3.8) is 0 Å². The smallest absolute Gasteiger partial charge is 0.169 e. The van der Waals surface area contributed by atoms with E-state index in [0.29, 0.717) is 6.42 Å². The summed E-state index contributed by atoms with van der Waals surface area (Å²) in [6.07, 6.45) is 0.395. The number of hydrogen-bond acceptors (Lipinski definition) is 2. The van der Waals surface area contributed by atoms with E-state index in [1.165, 1.54) is 0 Å². The molecular weight excluding hydrogens is 304 g/mol. The number of nitrogens with zero attached hydrogens (tertiary/aromatic N) is 2. The Labute approximate surface area is 121 Å². The lowest BCUT2D eigenvalue weighted by atomic mass is 10.0. The average Bonchev–Trinajstić information content (AvgIpc) is 2.72. The van der Waals surface area contributed by atoms with Crippen LogP contribution in [0.25, 0.3) is 0 Å². The van der Waals surface area contributed by atoms with Gasteiger partial charge in [-0.05, 0) is 38.5 Å². The highest BCUT2D eigenvalue weighted by atomic mass is 79.9. The molecular formula is C15H17BrN2O. The summed E-state index contributed by atoms with van der Waals surface area (Å²) >= 11 is 3.46. The standard InChI is InChI=1S/C15H17BrN2O/c1-4-18-12(8-10(2)17-18)9-15(19)13-6-5-7-14(16)11(13)3/h5-8H,4,9H2,1-3H3. The van der Waals surface area contributed by atoms with E-state index in [1.807, 2.05) is 49.7 Å². The minimum atomic E-state index is 0.133. The van der Waals surface area contributed by atoms with Gasteiger partial charge in [-0.3, -0.25) is 9.48 Å². The molecule has 0 aliphatic heterocycles. The van der Waals surface area contributed by atoms with Gasteiger partial charge in [-0.1, -0.05) is 28.1 Å². The lowest BCUT2D eigenvalue weighted by Gasteiger charge is -2.07. The van der Waals surface area contributed by atoms with Crippen molar-refractivity contribution in [1.29, 1.82) is 0 Å². The van der Waals surface area contributed by atoms with Crippen LogP contribution in [0.2, 0.25) is 0 Å². The number of Topliss-reactive ketones (excluding diaryl/α,β-unsaturated/α-hetero) is 1. The van der Waals surface area contributed by atoms with Crippen molar-refractivity contribution in [3.05, 3.63) is 51.3 Å². The van der Waals surface area contributed by atoms with Crippen LogP contribution in [-0.2, 0) is 13.0 Å². The second-order valence-electron chi connectivity index (χ2n) is 4.61. The Kier molecular flexibility index (Phi) is 4.20. The number of aryl methyl sites for hydroxylation is 2. The minimum absolute atomic E-state index is 0.133. The normalized spacial score (nSPS) is 10.7. The van der Waals surface area contributed by atoms with Gasteiger partial charge in [-0.15, -0.1) is 0 Å². The fraction of sp³-hybridized carbons (Fsp3) is 0.333. The van der Waals surface area contributed by atoms with Crippen LogP contribution in [-0.4, -0.2) is 15.6 Å². The van der Waals surface area contributed by atoms with E-state index in [4.69, 9.17) is 0 Å². The fourth-order valence-corrected chi connectivity index (χ4v) is 2.55. The quantitative estimate of drug-likeness (QED) is 0.805. The van der Waals surface area contributed by atoms with Crippen molar-refractivity contribution < 1.29 is 4.79 Å². The number of rotatable bonds is 4. The first-order valence-corrected chi connectivity index (χ1v) is 7.14. The van der Waals surface area contributed by atoms with Gasteiger partial charge in [-0.25, -0.2) is 0 Å². The predicted octanol–water partition coefficient (Wildman–Crippen LogP) is 3.71. The molecule has 3 nitrogen and oxygen atoms in total. The van der Waals surface area contributed by atoms with E-state index < -0.39 is 0 Å². The van der Waals surface area contributed by atoms with Crippen molar-refractivity contribution in [2.75, 3.05) is 0 Å². The topological polar surface area (TPSA) is 34.9 Å². The van der Waals surface area contributed by atoms with E-state index in [1.54, 1.807) is 0 Å². The van der Waals surface area contributed by atoms with Crippen molar-refractivity contribution in [3.8, 4) is 0 Å². The summed E-state index contributed by atoms with van der Waals surface area (Å²) in [4.78, 5) is 12.4. The number of aromatic nitrogens is 2. The second-order valence-corrected chi connectivity index (χ2v) is 5.46. The first-order valence-electron chi connectivity index (χ1n) is 6.34. The molecule has 0 saturated carbocycles. The van der Waals surface area contributed by atoms with Gasteiger partial charge in [0, 0.05) is 22.3 Å². The van der Waals surface area contributed by atoms with Gasteiger partial charge >= 0.3 is 0 Å². The van der Waals surface area contributed by atoms with Crippen molar-refractivity contribution in [2.24, 2.45) is 0 Å². The Bertz CT molecular complexity index is 617. The minimum Gasteiger partial charge on any atom is -0.294 e. The van der Waals surface area contributed by atoms with Gasteiger partial charge in [0.05, 0.1) is 12.1 Å². The molecule has 0 fully saturated rings. The Morgan fingerprint density at radius 3 is 2.79 bits per heavy atom. The highest BCUT2D eigenvalue weighted by Crippen LogP contribution is 2.21. The molecule has 19 heavy (non-hydrogen) atoms. The van der Waals surface area contributed by atoms with E-state index in [9.17, 15) is 4.79 Å². The summed E-state index contributed by atoms with van der Waals surface area (Å²) < 4.78 is 2.86. The van der Waals surface area contributed by atoms with Crippen LogP contribution in [0.5, 0.6) is 0 Å². The molecule has 0 radical (unpaired) electrons. The summed E-state index contributed by atoms with van der Waals surface area (Å²) in [5.41, 5.74) is 3.70. The molecule has 100 valence electrons. The molecule has 0 saturated heterocycles. The number of benzene rings is 1. The molecule has 0 aliphatic rings. The SMILES string of the molecule is CCn1nc(C)cc1CC(=O)c1cccc(Br)c1C. The van der Waals surface area contributed by atoms with Crippen LogP contribution in [0.15, 0.2) is 28.7 Å². The number of carbonyl (C=O) groups is 1. The van der Waals surface area contributed by atoms with Crippen molar-refractivity contribution in [1.82, 2.24) is 9.78 Å². The number of hydrogen-bond donors (Lipinski definition) is 0. The number of ketones is 1. The number of carbonyl (C=O) groups excluding carboxylic acids is 1. The Balaban J connectivity index is 2.28. The Morgan fingerprint density at radius 2 is 2.11 bits per heavy atom. The van der Waals surface area contributed by atoms with Gasteiger partial charge < -0.3 is 0 Å². The first kappa shape index (κ1) is 14.0. The van der Waals surface area contributed by atoms with Crippen LogP contribution in [0.1, 0.15) is 34.2 Å². The zero-order valence-electron chi connectivity index (χ0n) is 11.4. The van der Waals surface area contributed by atoms with Gasteiger partial charge in [0.25, 0.3) is 0 Å². The zero-order chi connectivity index (χ0) is 14.0. The van der Waals surface area contributed by atoms with Crippen LogP contribution >= 0.6 is 15.9 Å². The maximum Gasteiger partial charge on any atom is 0.169 e. The summed E-state index contributed by atoms with van der Waals surface area (Å²) in [6, 6.07) is 7.70. The highest BCUT2D eigenvalue weighted by Gasteiger charge is 2.14. The lowest BCUT2D eigenvalue weighted by Crippen LogP contribution is -2.11. The second kappa shape index (κ2) is 5.70. The molecule has 4 heteroatoms. The fourth-order valence-electron chi connectivity index (χ4n) is 2.18. The molecule has 0 bridgehead atoms. The average molecular weight is 321 g/mol. The van der Waals surface area contributed by atoms with Crippen molar-refractivity contribution in [2.45, 2.75) is 33.7 Å². The summed E-state index contributed by atoms with van der Waals surface area (Å²) in [5, 5.41) is 4.37. The molecule has 1 aromatic carbocycles. The maximum atomic E-state index is 12.4. The van der Waals surface area contributed by atoms with Gasteiger partial charge in [0.1, 0.15) is 0 Å². The Morgan fingerprint density at radius 1 is 1.37 bits per heavy atom. The molecule has 0 N–H and O–H groups in total. The van der Waals surface area contributed by atoms with Crippen LogP contribution in [0, 0.1) is 13.8 Å². The van der Waals surface area contributed by atoms with E-state index in [2.05, 4.69) is 21.0 Å². The van der Waals surface area contributed by atoms with E-state index in [0.717, 1.165) is 33.5 Å². The van der Waals surface area contributed by atoms with Crippen LogP contribution < -0.4 is 0 Å². The lowest BCUT2D eigenvalue weighted by molar-refractivity contribution is 0.0990. The zero-order valence-corrected chi connectivity index (χ0v) is 13.0. The summed E-state index contributed by atoms with van der Waals surface area (Å²) in [7, 11) is 0.